The number of carbonyl (C=O) groups excluding carboxylic acids is 1. The third-order valence-corrected chi connectivity index (χ3v) is 6.04. The molecule has 9 nitrogen and oxygen atoms in total. The van der Waals surface area contributed by atoms with Crippen LogP contribution in [0.5, 0.6) is 0 Å². The first-order valence-corrected chi connectivity index (χ1v) is 11.2. The second kappa shape index (κ2) is 9.42. The van der Waals surface area contributed by atoms with Gasteiger partial charge in [-0.25, -0.2) is 14.4 Å². The lowest BCUT2D eigenvalue weighted by Crippen LogP contribution is -2.25. The van der Waals surface area contributed by atoms with Gasteiger partial charge < -0.3 is 15.6 Å². The van der Waals surface area contributed by atoms with Crippen molar-refractivity contribution in [1.82, 2.24) is 24.9 Å². The zero-order valence-electron chi connectivity index (χ0n) is 18.4. The Labute approximate surface area is 195 Å². The lowest BCUT2D eigenvalue weighted by molar-refractivity contribution is -0.120. The molecule has 3 N–H and O–H groups in total. The second-order valence-corrected chi connectivity index (χ2v) is 8.37. The van der Waals surface area contributed by atoms with E-state index in [0.29, 0.717) is 28.3 Å². The van der Waals surface area contributed by atoms with Gasteiger partial charge in [0.25, 0.3) is 0 Å². The number of carbonyl (C=O) groups is 1. The van der Waals surface area contributed by atoms with E-state index in [1.807, 2.05) is 0 Å². The molecule has 3 heterocycles. The monoisotopic (exact) mass is 461 g/mol. The highest BCUT2D eigenvalue weighted by Gasteiger charge is 2.23. The highest BCUT2D eigenvalue weighted by molar-refractivity contribution is 5.94. The van der Waals surface area contributed by atoms with Crippen LogP contribution in [0.4, 0.5) is 15.9 Å². The molecule has 0 unspecified atom stereocenters. The number of aromatic nitrogens is 5. The molecular formula is C24H24FN7O2. The molecule has 174 valence electrons. The molecule has 34 heavy (non-hydrogen) atoms. The van der Waals surface area contributed by atoms with Gasteiger partial charge in [-0.2, -0.15) is 5.10 Å². The van der Waals surface area contributed by atoms with E-state index in [9.17, 15) is 9.18 Å². The Morgan fingerprint density at radius 1 is 1.18 bits per heavy atom. The van der Waals surface area contributed by atoms with Gasteiger partial charge in [0, 0.05) is 17.5 Å². The summed E-state index contributed by atoms with van der Waals surface area (Å²) in [7, 11) is 0. The first-order chi connectivity index (χ1) is 16.6. The van der Waals surface area contributed by atoms with Crippen LogP contribution in [0.3, 0.4) is 0 Å². The van der Waals surface area contributed by atoms with Crippen molar-refractivity contribution in [2.75, 3.05) is 11.1 Å². The minimum absolute atomic E-state index is 0.00748. The maximum atomic E-state index is 14.3. The molecule has 1 aliphatic rings. The van der Waals surface area contributed by atoms with Gasteiger partial charge in [0.2, 0.25) is 5.91 Å². The molecular weight excluding hydrogens is 437 g/mol. The Balaban J connectivity index is 1.42. The average molecular weight is 462 g/mol. The zero-order chi connectivity index (χ0) is 23.5. The fourth-order valence-corrected chi connectivity index (χ4v) is 4.20. The van der Waals surface area contributed by atoms with Crippen LogP contribution in [0.1, 0.15) is 37.7 Å². The minimum Gasteiger partial charge on any atom is -0.382 e. The molecule has 1 aliphatic carbocycles. The summed E-state index contributed by atoms with van der Waals surface area (Å²) in [6.45, 7) is 0.180. The molecule has 0 radical (unpaired) electrons. The Morgan fingerprint density at radius 2 is 2.00 bits per heavy atom. The molecule has 5 rings (SSSR count). The molecule has 0 atom stereocenters. The molecule has 1 amide bonds. The molecule has 3 aromatic heterocycles. The van der Waals surface area contributed by atoms with Gasteiger partial charge in [-0.1, -0.05) is 42.6 Å². The lowest BCUT2D eigenvalue weighted by atomic mass is 9.88. The van der Waals surface area contributed by atoms with Gasteiger partial charge >= 0.3 is 0 Å². The number of hydrogen-bond donors (Lipinski definition) is 2. The summed E-state index contributed by atoms with van der Waals surface area (Å²) in [5.41, 5.74) is 8.59. The van der Waals surface area contributed by atoms with E-state index in [1.165, 1.54) is 24.9 Å². The normalized spacial score (nSPS) is 14.3. The van der Waals surface area contributed by atoms with E-state index >= 15 is 0 Å². The van der Waals surface area contributed by atoms with E-state index in [-0.39, 0.29) is 35.8 Å². The number of anilines is 2. The van der Waals surface area contributed by atoms with Crippen molar-refractivity contribution < 1.29 is 13.7 Å². The van der Waals surface area contributed by atoms with Gasteiger partial charge in [0.05, 0.1) is 18.4 Å². The van der Waals surface area contributed by atoms with E-state index in [2.05, 4.69) is 25.5 Å². The molecule has 1 fully saturated rings. The maximum Gasteiger partial charge on any atom is 0.227 e. The number of nitrogens with zero attached hydrogens (tertiary/aromatic N) is 5. The number of halogens is 1. The van der Waals surface area contributed by atoms with Crippen LogP contribution < -0.4 is 11.1 Å². The van der Waals surface area contributed by atoms with Crippen molar-refractivity contribution in [1.29, 1.82) is 0 Å². The summed E-state index contributed by atoms with van der Waals surface area (Å²) in [6, 6.07) is 9.94. The van der Waals surface area contributed by atoms with Gasteiger partial charge in [0.15, 0.2) is 11.6 Å². The van der Waals surface area contributed by atoms with Crippen molar-refractivity contribution in [3.05, 3.63) is 60.2 Å². The Bertz CT molecular complexity index is 1300. The van der Waals surface area contributed by atoms with Crippen LogP contribution in [-0.4, -0.2) is 30.8 Å². The van der Waals surface area contributed by atoms with Gasteiger partial charge in [-0.15, -0.1) is 0 Å². The van der Waals surface area contributed by atoms with Crippen LogP contribution in [0.25, 0.3) is 22.9 Å². The highest BCUT2D eigenvalue weighted by atomic mass is 19.1. The van der Waals surface area contributed by atoms with Crippen LogP contribution >= 0.6 is 0 Å². The predicted octanol–water partition coefficient (Wildman–Crippen LogP) is 4.28. The van der Waals surface area contributed by atoms with Crippen LogP contribution in [-0.2, 0) is 11.3 Å². The summed E-state index contributed by atoms with van der Waals surface area (Å²) in [4.78, 5) is 21.3. The third kappa shape index (κ3) is 4.52. The average Bonchev–Trinajstić information content (AvgIpc) is 3.52. The van der Waals surface area contributed by atoms with Gasteiger partial charge in [-0.05, 0) is 25.0 Å². The standard InChI is InChI=1S/C24H24FN7O2/c25-17-9-5-4-8-16(17)14-32-21(18-10-11-34-31-18)12-19(30-32)23-27-13-20(22(26)29-23)28-24(33)15-6-2-1-3-7-15/h4-5,8-13,15H,1-3,6-7,14H2,(H,28,33)(H2,26,27,29). The number of rotatable bonds is 6. The number of nitrogen functional groups attached to an aromatic ring is 1. The Hall–Kier alpha value is -4.08. The fourth-order valence-electron chi connectivity index (χ4n) is 4.20. The SMILES string of the molecule is Nc1nc(-c2cc(-c3ccon3)n(Cc3ccccc3F)n2)ncc1NC(=O)C1CCCCC1. The van der Waals surface area contributed by atoms with Crippen molar-refractivity contribution >= 4 is 17.4 Å². The predicted molar refractivity (Wildman–Crippen MR) is 124 cm³/mol. The molecule has 0 bridgehead atoms. The van der Waals surface area contributed by atoms with E-state index in [4.69, 9.17) is 10.3 Å². The summed E-state index contributed by atoms with van der Waals surface area (Å²) in [5, 5.41) is 11.4. The highest BCUT2D eigenvalue weighted by Crippen LogP contribution is 2.28. The van der Waals surface area contributed by atoms with E-state index in [0.717, 1.165) is 25.7 Å². The number of nitrogens with two attached hydrogens (primary N) is 1. The Morgan fingerprint density at radius 3 is 2.74 bits per heavy atom. The molecule has 4 aromatic rings. The zero-order valence-corrected chi connectivity index (χ0v) is 18.4. The number of benzene rings is 1. The largest absolute Gasteiger partial charge is 0.382 e. The van der Waals surface area contributed by atoms with Crippen molar-refractivity contribution in [2.24, 2.45) is 5.92 Å². The molecule has 0 spiro atoms. The van der Waals surface area contributed by atoms with Crippen molar-refractivity contribution in [3.63, 3.8) is 0 Å². The molecule has 0 saturated heterocycles. The smallest absolute Gasteiger partial charge is 0.227 e. The fraction of sp³-hybridized carbons (Fsp3) is 0.292. The van der Waals surface area contributed by atoms with Gasteiger partial charge in [0.1, 0.15) is 29.2 Å². The summed E-state index contributed by atoms with van der Waals surface area (Å²) in [6.07, 6.45) is 8.00. The lowest BCUT2D eigenvalue weighted by Gasteiger charge is -2.20. The molecule has 0 aliphatic heterocycles. The molecule has 10 heteroatoms. The summed E-state index contributed by atoms with van der Waals surface area (Å²) in [5.74, 6) is 0.0485. The second-order valence-electron chi connectivity index (χ2n) is 8.37. The van der Waals surface area contributed by atoms with Crippen LogP contribution in [0.15, 0.2) is 53.4 Å². The third-order valence-electron chi connectivity index (χ3n) is 6.04. The number of hydrogen-bond acceptors (Lipinski definition) is 7. The summed E-state index contributed by atoms with van der Waals surface area (Å²) < 4.78 is 20.9. The van der Waals surface area contributed by atoms with E-state index < -0.39 is 0 Å². The quantitative estimate of drug-likeness (QED) is 0.439. The first kappa shape index (κ1) is 21.7. The minimum atomic E-state index is -0.329. The topological polar surface area (TPSA) is 125 Å². The number of amides is 1. The number of nitrogens with one attached hydrogen (secondary N) is 1. The maximum absolute atomic E-state index is 14.3. The van der Waals surface area contributed by atoms with Crippen molar-refractivity contribution in [2.45, 2.75) is 38.6 Å². The Kier molecular flexibility index (Phi) is 6.03. The van der Waals surface area contributed by atoms with E-state index in [1.54, 1.807) is 35.0 Å². The summed E-state index contributed by atoms with van der Waals surface area (Å²) >= 11 is 0. The first-order valence-electron chi connectivity index (χ1n) is 11.2. The molecule has 1 aromatic carbocycles. The van der Waals surface area contributed by atoms with Crippen LogP contribution in [0, 0.1) is 11.7 Å². The van der Waals surface area contributed by atoms with Gasteiger partial charge in [-0.3, -0.25) is 9.48 Å². The molecule has 1 saturated carbocycles. The van der Waals surface area contributed by atoms with Crippen molar-refractivity contribution in [3.8, 4) is 22.9 Å². The van der Waals surface area contributed by atoms with Crippen LogP contribution in [0.2, 0.25) is 0 Å².